The van der Waals surface area contributed by atoms with Gasteiger partial charge in [0.2, 0.25) is 5.43 Å². The van der Waals surface area contributed by atoms with E-state index in [9.17, 15) is 9.90 Å². The molecule has 0 bridgehead atoms. The fourth-order valence-electron chi connectivity index (χ4n) is 4.10. The molecule has 4 rings (SSSR count). The van der Waals surface area contributed by atoms with Gasteiger partial charge in [0.05, 0.1) is 23.6 Å². The normalized spacial score (nSPS) is 15.7. The first-order valence-electron chi connectivity index (χ1n) is 10.1. The Labute approximate surface area is 170 Å². The van der Waals surface area contributed by atoms with Gasteiger partial charge in [-0.25, -0.2) is 0 Å². The summed E-state index contributed by atoms with van der Waals surface area (Å²) in [5.74, 6) is 2.20. The second kappa shape index (κ2) is 7.91. The Morgan fingerprint density at radius 3 is 2.48 bits per heavy atom. The summed E-state index contributed by atoms with van der Waals surface area (Å²) in [5, 5.41) is 11.0. The highest BCUT2D eigenvalue weighted by atomic mass is 16.5. The van der Waals surface area contributed by atoms with Crippen molar-refractivity contribution in [1.29, 1.82) is 0 Å². The highest BCUT2D eigenvalue weighted by Gasteiger charge is 2.22. The number of phenols is 1. The van der Waals surface area contributed by atoms with Crippen LogP contribution in [0.15, 0.2) is 45.6 Å². The summed E-state index contributed by atoms with van der Waals surface area (Å²) in [6.45, 7) is 6.64. The summed E-state index contributed by atoms with van der Waals surface area (Å²) < 4.78 is 11.4. The number of methoxy groups -OCH3 is 1. The average Bonchev–Trinajstić information content (AvgIpc) is 2.72. The van der Waals surface area contributed by atoms with Crippen molar-refractivity contribution < 1.29 is 14.3 Å². The molecule has 5 nitrogen and oxygen atoms in total. The van der Waals surface area contributed by atoms with Crippen LogP contribution in [0, 0.1) is 12.8 Å². The van der Waals surface area contributed by atoms with Gasteiger partial charge < -0.3 is 14.3 Å². The Morgan fingerprint density at radius 2 is 1.83 bits per heavy atom. The van der Waals surface area contributed by atoms with Crippen molar-refractivity contribution in [2.75, 3.05) is 20.2 Å². The molecule has 1 aliphatic rings. The van der Waals surface area contributed by atoms with Gasteiger partial charge in [-0.3, -0.25) is 9.69 Å². The van der Waals surface area contributed by atoms with Gasteiger partial charge in [0, 0.05) is 6.54 Å². The molecule has 29 heavy (non-hydrogen) atoms. The Balaban J connectivity index is 1.79. The number of phenolic OH excluding ortho intramolecular Hbond substituents is 1. The number of aromatic hydroxyl groups is 1. The second-order valence-electron chi connectivity index (χ2n) is 7.99. The first kappa shape index (κ1) is 19.5. The minimum atomic E-state index is -0.0811. The zero-order chi connectivity index (χ0) is 20.5. The van der Waals surface area contributed by atoms with Crippen molar-refractivity contribution in [3.8, 4) is 22.6 Å². The van der Waals surface area contributed by atoms with Crippen LogP contribution < -0.4 is 10.2 Å². The van der Waals surface area contributed by atoms with Crippen LogP contribution in [-0.4, -0.2) is 30.2 Å². The number of ether oxygens (including phenoxy) is 1. The number of piperidine rings is 1. The fraction of sp³-hybridized carbons (Fsp3) is 0.375. The van der Waals surface area contributed by atoms with Gasteiger partial charge >= 0.3 is 0 Å². The van der Waals surface area contributed by atoms with Crippen LogP contribution in [0.4, 0.5) is 0 Å². The molecule has 1 aliphatic heterocycles. The monoisotopic (exact) mass is 393 g/mol. The summed E-state index contributed by atoms with van der Waals surface area (Å²) in [7, 11) is 1.61. The molecule has 1 aromatic heterocycles. The molecule has 0 radical (unpaired) electrons. The van der Waals surface area contributed by atoms with Gasteiger partial charge in [-0.05, 0) is 68.6 Å². The van der Waals surface area contributed by atoms with E-state index in [-0.39, 0.29) is 11.2 Å². The summed E-state index contributed by atoms with van der Waals surface area (Å²) >= 11 is 0. The smallest absolute Gasteiger partial charge is 0.200 e. The van der Waals surface area contributed by atoms with E-state index in [0.29, 0.717) is 34.4 Å². The molecule has 3 aromatic rings. The van der Waals surface area contributed by atoms with Crippen molar-refractivity contribution in [3.63, 3.8) is 0 Å². The predicted molar refractivity (Wildman–Crippen MR) is 115 cm³/mol. The molecule has 2 aromatic carbocycles. The van der Waals surface area contributed by atoms with E-state index in [4.69, 9.17) is 9.15 Å². The van der Waals surface area contributed by atoms with Crippen LogP contribution in [0.5, 0.6) is 11.5 Å². The average molecular weight is 393 g/mol. The van der Waals surface area contributed by atoms with E-state index in [2.05, 4.69) is 11.8 Å². The van der Waals surface area contributed by atoms with Crippen LogP contribution in [0.3, 0.4) is 0 Å². The van der Waals surface area contributed by atoms with Gasteiger partial charge in [-0.1, -0.05) is 19.1 Å². The van der Waals surface area contributed by atoms with Crippen LogP contribution in [0.25, 0.3) is 22.1 Å². The minimum absolute atomic E-state index is 0.0811. The van der Waals surface area contributed by atoms with Gasteiger partial charge in [0.1, 0.15) is 22.8 Å². The van der Waals surface area contributed by atoms with Crippen LogP contribution in [-0.2, 0) is 6.54 Å². The van der Waals surface area contributed by atoms with Crippen LogP contribution in [0.2, 0.25) is 0 Å². The Morgan fingerprint density at radius 1 is 1.14 bits per heavy atom. The van der Waals surface area contributed by atoms with Gasteiger partial charge in [0.25, 0.3) is 0 Å². The highest BCUT2D eigenvalue weighted by molar-refractivity contribution is 5.86. The van der Waals surface area contributed by atoms with E-state index >= 15 is 0 Å². The van der Waals surface area contributed by atoms with Crippen molar-refractivity contribution in [1.82, 2.24) is 4.90 Å². The molecule has 2 heterocycles. The first-order valence-corrected chi connectivity index (χ1v) is 10.1. The molecule has 1 saturated heterocycles. The molecule has 1 N–H and O–H groups in total. The van der Waals surface area contributed by atoms with E-state index in [1.54, 1.807) is 26.2 Å². The zero-order valence-electron chi connectivity index (χ0n) is 17.2. The number of aryl methyl sites for hydroxylation is 1. The summed E-state index contributed by atoms with van der Waals surface area (Å²) in [6, 6.07) is 10.6. The quantitative estimate of drug-likeness (QED) is 0.695. The summed E-state index contributed by atoms with van der Waals surface area (Å²) in [4.78, 5) is 15.6. The lowest BCUT2D eigenvalue weighted by Gasteiger charge is -2.30. The van der Waals surface area contributed by atoms with Crippen molar-refractivity contribution in [3.05, 3.63) is 57.9 Å². The lowest BCUT2D eigenvalue weighted by Crippen LogP contribution is -2.32. The van der Waals surface area contributed by atoms with Gasteiger partial charge in [-0.15, -0.1) is 0 Å². The lowest BCUT2D eigenvalue weighted by molar-refractivity contribution is 0.183. The van der Waals surface area contributed by atoms with Crippen LogP contribution in [0.1, 0.15) is 31.1 Å². The highest BCUT2D eigenvalue weighted by Crippen LogP contribution is 2.32. The molecule has 0 unspecified atom stereocenters. The molecular formula is C24H27NO4. The maximum atomic E-state index is 13.3. The third kappa shape index (κ3) is 3.75. The van der Waals surface area contributed by atoms with Gasteiger partial charge in [0.15, 0.2) is 0 Å². The molecular weight excluding hydrogens is 366 g/mol. The Bertz CT molecular complexity index is 1080. The maximum absolute atomic E-state index is 13.3. The van der Waals surface area contributed by atoms with E-state index in [0.717, 1.165) is 43.2 Å². The number of hydrogen-bond acceptors (Lipinski definition) is 5. The first-order chi connectivity index (χ1) is 14.0. The van der Waals surface area contributed by atoms with E-state index < -0.39 is 0 Å². The van der Waals surface area contributed by atoms with Crippen molar-refractivity contribution in [2.45, 2.75) is 33.2 Å². The Kier molecular flexibility index (Phi) is 5.33. The van der Waals surface area contributed by atoms with E-state index in [1.165, 1.54) is 0 Å². The number of hydrogen-bond donors (Lipinski definition) is 1. The minimum Gasteiger partial charge on any atom is -0.507 e. The molecule has 0 saturated carbocycles. The third-order valence-corrected chi connectivity index (χ3v) is 5.95. The molecule has 0 aliphatic carbocycles. The van der Waals surface area contributed by atoms with Crippen LogP contribution >= 0.6 is 0 Å². The number of benzene rings is 2. The zero-order valence-corrected chi connectivity index (χ0v) is 17.2. The van der Waals surface area contributed by atoms with Crippen molar-refractivity contribution >= 4 is 11.0 Å². The lowest BCUT2D eigenvalue weighted by atomic mass is 9.98. The molecule has 1 fully saturated rings. The number of likely N-dealkylation sites (tertiary alicyclic amines) is 1. The van der Waals surface area contributed by atoms with E-state index in [1.807, 2.05) is 24.3 Å². The summed E-state index contributed by atoms with van der Waals surface area (Å²) in [6.07, 6.45) is 2.30. The second-order valence-corrected chi connectivity index (χ2v) is 7.99. The molecule has 0 spiro atoms. The third-order valence-electron chi connectivity index (χ3n) is 5.95. The predicted octanol–water partition coefficient (Wildman–Crippen LogP) is 4.71. The fourth-order valence-corrected chi connectivity index (χ4v) is 4.10. The Hall–Kier alpha value is -2.79. The number of fused-ring (bicyclic) bond motifs is 1. The standard InChI is InChI=1S/C24H27NO4/c1-15-10-12-25(13-11-15)14-20-21(26)9-8-19-23(27)22(16(2)29-24(19)20)17-4-6-18(28-3)7-5-17/h4-9,15,26H,10-14H2,1-3H3. The van der Waals surface area contributed by atoms with Gasteiger partial charge in [-0.2, -0.15) is 0 Å². The topological polar surface area (TPSA) is 62.9 Å². The summed E-state index contributed by atoms with van der Waals surface area (Å²) in [5.41, 5.74) is 2.44. The largest absolute Gasteiger partial charge is 0.507 e. The van der Waals surface area contributed by atoms with Crippen molar-refractivity contribution in [2.24, 2.45) is 5.92 Å². The number of nitrogens with zero attached hydrogens (tertiary/aromatic N) is 1. The molecule has 5 heteroatoms. The number of rotatable bonds is 4. The maximum Gasteiger partial charge on any atom is 0.200 e. The molecule has 0 amide bonds. The SMILES string of the molecule is COc1ccc(-c2c(C)oc3c(CN4CCC(C)CC4)c(O)ccc3c2=O)cc1. The molecule has 0 atom stereocenters. The molecule has 152 valence electrons.